The lowest BCUT2D eigenvalue weighted by Gasteiger charge is -2.13. The molecule has 1 aliphatic carbocycles. The molecule has 28 heavy (non-hydrogen) atoms. The molecule has 0 fully saturated rings. The minimum Gasteiger partial charge on any atom is -0.472 e. The molecule has 0 N–H and O–H groups in total. The highest BCUT2D eigenvalue weighted by atomic mass is 32.1. The van der Waals surface area contributed by atoms with Gasteiger partial charge in [0.15, 0.2) is 0 Å². The number of aromatic nitrogens is 2. The van der Waals surface area contributed by atoms with Gasteiger partial charge in [0.05, 0.1) is 5.39 Å². The fourth-order valence-electron chi connectivity index (χ4n) is 3.96. The van der Waals surface area contributed by atoms with Crippen LogP contribution in [0.2, 0.25) is 0 Å². The van der Waals surface area contributed by atoms with Crippen LogP contribution in [0.25, 0.3) is 21.2 Å². The van der Waals surface area contributed by atoms with Crippen molar-refractivity contribution in [2.45, 2.75) is 46.1 Å². The van der Waals surface area contributed by atoms with Crippen LogP contribution in [-0.2, 0) is 19.4 Å². The van der Waals surface area contributed by atoms with Crippen molar-refractivity contribution >= 4 is 32.5 Å². The molecule has 0 aliphatic heterocycles. The van der Waals surface area contributed by atoms with E-state index in [1.54, 1.807) is 17.7 Å². The van der Waals surface area contributed by atoms with Gasteiger partial charge in [0.2, 0.25) is 5.88 Å². The molecule has 0 spiro atoms. The van der Waals surface area contributed by atoms with Crippen molar-refractivity contribution in [3.63, 3.8) is 0 Å². The second kappa shape index (κ2) is 6.71. The number of hydrogen-bond acceptors (Lipinski definition) is 6. The molecule has 4 aromatic rings. The number of aryl methyl sites for hydroxylation is 4. The monoisotopic (exact) mass is 392 g/mol. The second-order valence-electron chi connectivity index (χ2n) is 7.33. The van der Waals surface area contributed by atoms with Crippen molar-refractivity contribution in [2.75, 3.05) is 0 Å². The van der Waals surface area contributed by atoms with Crippen LogP contribution in [0.3, 0.4) is 0 Å². The molecule has 0 saturated heterocycles. The number of nitrogens with zero attached hydrogens (tertiary/aromatic N) is 2. The maximum Gasteiger partial charge on any atom is 0.336 e. The Morgan fingerprint density at radius 2 is 2.04 bits per heavy atom. The zero-order valence-electron chi connectivity index (χ0n) is 15.9. The van der Waals surface area contributed by atoms with Crippen LogP contribution in [-0.4, -0.2) is 9.97 Å². The van der Waals surface area contributed by atoms with Crippen LogP contribution < -0.4 is 10.4 Å². The summed E-state index contributed by atoms with van der Waals surface area (Å²) in [4.78, 5) is 23.3. The van der Waals surface area contributed by atoms with E-state index in [0.29, 0.717) is 11.5 Å². The van der Waals surface area contributed by atoms with Gasteiger partial charge in [-0.1, -0.05) is 12.1 Å². The summed E-state index contributed by atoms with van der Waals surface area (Å²) in [7, 11) is 0. The molecule has 0 saturated carbocycles. The van der Waals surface area contributed by atoms with Crippen LogP contribution >= 0.6 is 11.3 Å². The van der Waals surface area contributed by atoms with Gasteiger partial charge in [-0.05, 0) is 56.2 Å². The van der Waals surface area contributed by atoms with Crippen molar-refractivity contribution in [3.05, 3.63) is 62.1 Å². The van der Waals surface area contributed by atoms with Gasteiger partial charge in [0.1, 0.15) is 23.3 Å². The lowest BCUT2D eigenvalue weighted by atomic mass is 9.97. The maximum atomic E-state index is 12.1. The third kappa shape index (κ3) is 2.79. The van der Waals surface area contributed by atoms with E-state index in [1.165, 1.54) is 29.3 Å². The van der Waals surface area contributed by atoms with Crippen molar-refractivity contribution in [1.29, 1.82) is 0 Å². The van der Waals surface area contributed by atoms with Gasteiger partial charge < -0.3 is 9.15 Å². The van der Waals surface area contributed by atoms with E-state index in [9.17, 15) is 4.79 Å². The Hall–Kier alpha value is -2.73. The highest BCUT2D eigenvalue weighted by Gasteiger charge is 2.21. The van der Waals surface area contributed by atoms with E-state index >= 15 is 0 Å². The molecule has 3 aromatic heterocycles. The summed E-state index contributed by atoms with van der Waals surface area (Å²) in [6.07, 6.45) is 6.14. The lowest BCUT2D eigenvalue weighted by Crippen LogP contribution is -2.06. The zero-order chi connectivity index (χ0) is 19.3. The van der Waals surface area contributed by atoms with Gasteiger partial charge in [-0.25, -0.2) is 14.8 Å². The molecular formula is C22H20N2O3S. The van der Waals surface area contributed by atoms with Gasteiger partial charge in [-0.15, -0.1) is 11.3 Å². The minimum atomic E-state index is -0.361. The third-order valence-electron chi connectivity index (χ3n) is 5.60. The summed E-state index contributed by atoms with van der Waals surface area (Å²) in [5.74, 6) is 0.606. The molecule has 5 rings (SSSR count). The van der Waals surface area contributed by atoms with E-state index in [4.69, 9.17) is 9.15 Å². The SMILES string of the molecule is Cc1ccc2c(COc3ncnc4sc5c(c34)CCCC5)cc(=O)oc2c1C. The second-order valence-corrected chi connectivity index (χ2v) is 8.42. The molecule has 0 amide bonds. The van der Waals surface area contributed by atoms with Crippen LogP contribution in [0.5, 0.6) is 5.88 Å². The van der Waals surface area contributed by atoms with Gasteiger partial charge in [-0.2, -0.15) is 0 Å². The average molecular weight is 392 g/mol. The van der Waals surface area contributed by atoms with E-state index in [1.807, 2.05) is 26.0 Å². The maximum absolute atomic E-state index is 12.1. The Balaban J connectivity index is 1.56. The number of thiophene rings is 1. The van der Waals surface area contributed by atoms with Crippen LogP contribution in [0, 0.1) is 13.8 Å². The predicted octanol–water partition coefficient (Wildman–Crippen LogP) is 4.87. The molecule has 6 heteroatoms. The topological polar surface area (TPSA) is 65.2 Å². The summed E-state index contributed by atoms with van der Waals surface area (Å²) >= 11 is 1.75. The Morgan fingerprint density at radius 1 is 1.18 bits per heavy atom. The van der Waals surface area contributed by atoms with E-state index < -0.39 is 0 Å². The van der Waals surface area contributed by atoms with Gasteiger partial charge >= 0.3 is 5.63 Å². The first-order valence-corrected chi connectivity index (χ1v) is 10.3. The fraction of sp³-hybridized carbons (Fsp3) is 0.318. The summed E-state index contributed by atoms with van der Waals surface area (Å²) in [6, 6.07) is 5.54. The largest absolute Gasteiger partial charge is 0.472 e. The van der Waals surface area contributed by atoms with Crippen LogP contribution in [0.4, 0.5) is 0 Å². The molecule has 0 radical (unpaired) electrons. The normalized spacial score (nSPS) is 13.8. The van der Waals surface area contributed by atoms with Gasteiger partial charge in [0, 0.05) is 21.9 Å². The third-order valence-corrected chi connectivity index (χ3v) is 6.80. The molecule has 142 valence electrons. The highest BCUT2D eigenvalue weighted by Crippen LogP contribution is 2.39. The minimum absolute atomic E-state index is 0.265. The summed E-state index contributed by atoms with van der Waals surface area (Å²) < 4.78 is 11.6. The van der Waals surface area contributed by atoms with Crippen LogP contribution in [0.15, 0.2) is 33.7 Å². The first kappa shape index (κ1) is 17.4. The Bertz CT molecular complexity index is 1270. The van der Waals surface area contributed by atoms with E-state index in [0.717, 1.165) is 45.1 Å². The van der Waals surface area contributed by atoms with E-state index in [-0.39, 0.29) is 12.2 Å². The number of rotatable bonds is 3. The summed E-state index contributed by atoms with van der Waals surface area (Å²) in [6.45, 7) is 4.24. The molecule has 0 bridgehead atoms. The van der Waals surface area contributed by atoms with Crippen molar-refractivity contribution < 1.29 is 9.15 Å². The summed E-state index contributed by atoms with van der Waals surface area (Å²) in [5.41, 5.74) is 4.49. The van der Waals surface area contributed by atoms with Gasteiger partial charge in [-0.3, -0.25) is 0 Å². The van der Waals surface area contributed by atoms with E-state index in [2.05, 4.69) is 9.97 Å². The molecular weight excluding hydrogens is 372 g/mol. The molecule has 3 heterocycles. The number of hydrogen-bond donors (Lipinski definition) is 0. The molecule has 1 aromatic carbocycles. The number of benzene rings is 1. The van der Waals surface area contributed by atoms with Crippen LogP contribution in [0.1, 0.15) is 40.0 Å². The molecule has 1 aliphatic rings. The standard InChI is InChI=1S/C22H20N2O3S/c1-12-7-8-15-14(9-18(25)27-20(15)13(12)2)10-26-21-19-16-5-3-4-6-17(16)28-22(19)24-11-23-21/h7-9,11H,3-6,10H2,1-2H3. The molecule has 0 unspecified atom stereocenters. The highest BCUT2D eigenvalue weighted by molar-refractivity contribution is 7.18. The lowest BCUT2D eigenvalue weighted by molar-refractivity contribution is 0.298. The zero-order valence-corrected chi connectivity index (χ0v) is 16.7. The van der Waals surface area contributed by atoms with Crippen molar-refractivity contribution in [3.8, 4) is 5.88 Å². The predicted molar refractivity (Wildman–Crippen MR) is 110 cm³/mol. The average Bonchev–Trinajstić information content (AvgIpc) is 3.08. The van der Waals surface area contributed by atoms with Crippen molar-refractivity contribution in [1.82, 2.24) is 9.97 Å². The Kier molecular flexibility index (Phi) is 4.16. The number of fused-ring (bicyclic) bond motifs is 4. The van der Waals surface area contributed by atoms with Crippen molar-refractivity contribution in [2.24, 2.45) is 0 Å². The number of ether oxygens (including phenoxy) is 1. The smallest absolute Gasteiger partial charge is 0.336 e. The fourth-order valence-corrected chi connectivity index (χ4v) is 5.18. The molecule has 0 atom stereocenters. The summed E-state index contributed by atoms with van der Waals surface area (Å²) in [5, 5.41) is 1.95. The Labute approximate surface area is 166 Å². The first-order valence-electron chi connectivity index (χ1n) is 9.53. The van der Waals surface area contributed by atoms with Gasteiger partial charge in [0.25, 0.3) is 0 Å². The Morgan fingerprint density at radius 3 is 2.93 bits per heavy atom. The quantitative estimate of drug-likeness (QED) is 0.465. The first-order chi connectivity index (χ1) is 13.6. The molecule has 5 nitrogen and oxygen atoms in total.